The lowest BCUT2D eigenvalue weighted by atomic mass is 9.87. The SMILES string of the molecule is C[C@H]1CCc2oc3c(cc(NS(=O)(=O)c4ccc(Cl)cc4)c4ccccc43)c2C1. The summed E-state index contributed by atoms with van der Waals surface area (Å²) in [6, 6.07) is 15.8. The first-order valence-electron chi connectivity index (χ1n) is 9.67. The molecule has 29 heavy (non-hydrogen) atoms. The van der Waals surface area contributed by atoms with Crippen molar-refractivity contribution in [2.45, 2.75) is 31.1 Å². The summed E-state index contributed by atoms with van der Waals surface area (Å²) in [4.78, 5) is 0.175. The predicted octanol–water partition coefficient (Wildman–Crippen LogP) is 6.17. The zero-order valence-electron chi connectivity index (χ0n) is 15.9. The van der Waals surface area contributed by atoms with E-state index in [1.54, 1.807) is 12.1 Å². The van der Waals surface area contributed by atoms with Gasteiger partial charge in [0.25, 0.3) is 10.0 Å². The second-order valence-electron chi connectivity index (χ2n) is 7.76. The minimum atomic E-state index is -3.74. The number of fused-ring (bicyclic) bond motifs is 5. The van der Waals surface area contributed by atoms with E-state index < -0.39 is 10.0 Å². The first-order chi connectivity index (χ1) is 13.9. The van der Waals surface area contributed by atoms with Crippen LogP contribution in [0, 0.1) is 5.92 Å². The molecular formula is C23H20ClNO3S. The van der Waals surface area contributed by atoms with Gasteiger partial charge in [0.15, 0.2) is 0 Å². The van der Waals surface area contributed by atoms with Gasteiger partial charge in [-0.05, 0) is 49.1 Å². The summed E-state index contributed by atoms with van der Waals surface area (Å²) in [5, 5.41) is 3.23. The summed E-state index contributed by atoms with van der Waals surface area (Å²) in [6.45, 7) is 2.24. The van der Waals surface area contributed by atoms with Crippen LogP contribution < -0.4 is 4.72 Å². The molecule has 1 atom stereocenters. The van der Waals surface area contributed by atoms with Crippen molar-refractivity contribution in [3.05, 3.63) is 70.9 Å². The van der Waals surface area contributed by atoms with Gasteiger partial charge in [-0.25, -0.2) is 8.42 Å². The summed E-state index contributed by atoms with van der Waals surface area (Å²) in [5.74, 6) is 1.62. The van der Waals surface area contributed by atoms with Crippen molar-refractivity contribution in [1.29, 1.82) is 0 Å². The van der Waals surface area contributed by atoms with E-state index in [-0.39, 0.29) is 4.90 Å². The van der Waals surface area contributed by atoms with E-state index in [1.165, 1.54) is 17.7 Å². The van der Waals surface area contributed by atoms with E-state index in [9.17, 15) is 8.42 Å². The van der Waals surface area contributed by atoms with Gasteiger partial charge in [0.2, 0.25) is 0 Å². The summed E-state index contributed by atoms with van der Waals surface area (Å²) in [5.41, 5.74) is 2.61. The molecule has 0 spiro atoms. The molecule has 0 fully saturated rings. The van der Waals surface area contributed by atoms with Gasteiger partial charge in [-0.3, -0.25) is 4.72 Å². The van der Waals surface area contributed by atoms with Crippen molar-refractivity contribution in [3.63, 3.8) is 0 Å². The van der Waals surface area contributed by atoms with Gasteiger partial charge in [0, 0.05) is 33.2 Å². The molecule has 1 heterocycles. The predicted molar refractivity (Wildman–Crippen MR) is 117 cm³/mol. The molecule has 0 bridgehead atoms. The molecule has 4 aromatic rings. The molecule has 0 saturated carbocycles. The van der Waals surface area contributed by atoms with Crippen LogP contribution >= 0.6 is 11.6 Å². The Morgan fingerprint density at radius 2 is 1.76 bits per heavy atom. The fourth-order valence-electron chi connectivity index (χ4n) is 4.17. The second-order valence-corrected chi connectivity index (χ2v) is 9.88. The van der Waals surface area contributed by atoms with Crippen LogP contribution in [0.1, 0.15) is 24.7 Å². The Morgan fingerprint density at radius 3 is 2.52 bits per heavy atom. The van der Waals surface area contributed by atoms with Crippen LogP contribution in [-0.4, -0.2) is 8.42 Å². The van der Waals surface area contributed by atoms with Crippen LogP contribution in [0.4, 0.5) is 5.69 Å². The highest BCUT2D eigenvalue weighted by Gasteiger charge is 2.25. The third-order valence-corrected chi connectivity index (χ3v) is 7.30. The second kappa shape index (κ2) is 6.78. The first-order valence-corrected chi connectivity index (χ1v) is 11.5. The number of hydrogen-bond donors (Lipinski definition) is 1. The normalized spacial score (nSPS) is 16.8. The molecule has 0 amide bonds. The number of furan rings is 1. The third-order valence-electron chi connectivity index (χ3n) is 5.67. The van der Waals surface area contributed by atoms with Crippen LogP contribution in [-0.2, 0) is 22.9 Å². The Morgan fingerprint density at radius 1 is 1.03 bits per heavy atom. The van der Waals surface area contributed by atoms with Crippen LogP contribution in [0.5, 0.6) is 0 Å². The molecular weight excluding hydrogens is 406 g/mol. The molecule has 5 rings (SSSR count). The molecule has 1 aromatic heterocycles. The van der Waals surface area contributed by atoms with E-state index in [4.69, 9.17) is 16.0 Å². The van der Waals surface area contributed by atoms with Crippen LogP contribution in [0.2, 0.25) is 5.02 Å². The van der Waals surface area contributed by atoms with E-state index in [0.29, 0.717) is 16.6 Å². The van der Waals surface area contributed by atoms with Crippen LogP contribution in [0.3, 0.4) is 0 Å². The molecule has 0 saturated heterocycles. The minimum Gasteiger partial charge on any atom is -0.460 e. The maximum absolute atomic E-state index is 13.0. The molecule has 6 heteroatoms. The number of rotatable bonds is 3. The summed E-state index contributed by atoms with van der Waals surface area (Å²) >= 11 is 5.91. The maximum atomic E-state index is 13.0. The maximum Gasteiger partial charge on any atom is 0.261 e. The van der Waals surface area contributed by atoms with Gasteiger partial charge in [-0.1, -0.05) is 42.8 Å². The highest BCUT2D eigenvalue weighted by molar-refractivity contribution is 7.92. The third kappa shape index (κ3) is 3.18. The number of nitrogens with one attached hydrogen (secondary N) is 1. The fraction of sp³-hybridized carbons (Fsp3) is 0.217. The molecule has 1 aliphatic rings. The van der Waals surface area contributed by atoms with Gasteiger partial charge in [0.1, 0.15) is 11.3 Å². The molecule has 3 aromatic carbocycles. The minimum absolute atomic E-state index is 0.175. The van der Waals surface area contributed by atoms with Gasteiger partial charge >= 0.3 is 0 Å². The summed E-state index contributed by atoms with van der Waals surface area (Å²) in [7, 11) is -3.74. The highest BCUT2D eigenvalue weighted by Crippen LogP contribution is 2.40. The topological polar surface area (TPSA) is 59.3 Å². The van der Waals surface area contributed by atoms with E-state index in [1.807, 2.05) is 30.3 Å². The van der Waals surface area contributed by atoms with Crippen molar-refractivity contribution in [3.8, 4) is 0 Å². The summed E-state index contributed by atoms with van der Waals surface area (Å²) in [6.07, 6.45) is 2.98. The van der Waals surface area contributed by atoms with Crippen molar-refractivity contribution in [2.75, 3.05) is 4.72 Å². The molecule has 148 valence electrons. The van der Waals surface area contributed by atoms with Gasteiger partial charge in [-0.15, -0.1) is 0 Å². The summed E-state index contributed by atoms with van der Waals surface area (Å²) < 4.78 is 35.0. The Bertz CT molecular complexity index is 1340. The Balaban J connectivity index is 1.70. The smallest absolute Gasteiger partial charge is 0.261 e. The Labute approximate surface area is 174 Å². The lowest BCUT2D eigenvalue weighted by molar-refractivity contribution is 0.439. The zero-order chi connectivity index (χ0) is 20.2. The molecule has 0 radical (unpaired) electrons. The van der Waals surface area contributed by atoms with E-state index >= 15 is 0 Å². The molecule has 0 unspecified atom stereocenters. The number of halogens is 1. The van der Waals surface area contributed by atoms with Crippen LogP contribution in [0.25, 0.3) is 21.7 Å². The van der Waals surface area contributed by atoms with Crippen LogP contribution in [0.15, 0.2) is 63.9 Å². The number of benzene rings is 3. The number of anilines is 1. The van der Waals surface area contributed by atoms with Crippen molar-refractivity contribution in [1.82, 2.24) is 0 Å². The average Bonchev–Trinajstić information content (AvgIpc) is 3.06. The fourth-order valence-corrected chi connectivity index (χ4v) is 5.37. The number of aryl methyl sites for hydroxylation is 1. The lowest BCUT2D eigenvalue weighted by Gasteiger charge is -2.17. The zero-order valence-corrected chi connectivity index (χ0v) is 17.5. The molecule has 0 aliphatic heterocycles. The standard InChI is InChI=1S/C23H20ClNO3S/c1-14-6-11-22-19(12-14)20-13-21(17-4-2-3-5-18(17)23(20)28-22)25-29(26,27)16-9-7-15(24)8-10-16/h2-5,7-10,13-14,25H,6,11-12H2,1H3/t14-/m0/s1. The number of sulfonamides is 1. The highest BCUT2D eigenvalue weighted by atomic mass is 35.5. The van der Waals surface area contributed by atoms with Gasteiger partial charge in [-0.2, -0.15) is 0 Å². The van der Waals surface area contributed by atoms with Crippen molar-refractivity contribution < 1.29 is 12.8 Å². The monoisotopic (exact) mass is 425 g/mol. The number of hydrogen-bond acceptors (Lipinski definition) is 3. The van der Waals surface area contributed by atoms with Crippen molar-refractivity contribution in [2.24, 2.45) is 5.92 Å². The van der Waals surface area contributed by atoms with Crippen molar-refractivity contribution >= 4 is 49.1 Å². The van der Waals surface area contributed by atoms with E-state index in [0.717, 1.165) is 46.8 Å². The first kappa shape index (κ1) is 18.5. The lowest BCUT2D eigenvalue weighted by Crippen LogP contribution is -2.13. The Kier molecular flexibility index (Phi) is 4.33. The Hall–Kier alpha value is -2.50. The molecule has 4 nitrogen and oxygen atoms in total. The quantitative estimate of drug-likeness (QED) is 0.427. The van der Waals surface area contributed by atoms with Gasteiger partial charge < -0.3 is 4.42 Å². The average molecular weight is 426 g/mol. The van der Waals surface area contributed by atoms with Gasteiger partial charge in [0.05, 0.1) is 10.6 Å². The molecule has 1 aliphatic carbocycles. The van der Waals surface area contributed by atoms with E-state index in [2.05, 4.69) is 11.6 Å². The largest absolute Gasteiger partial charge is 0.460 e. The molecule has 1 N–H and O–H groups in total.